The predicted molar refractivity (Wildman–Crippen MR) is 137 cm³/mol. The molecule has 196 valence electrons. The Bertz CT molecular complexity index is 1510. The maximum Gasteiger partial charge on any atom is 0.418 e. The lowest BCUT2D eigenvalue weighted by Crippen LogP contribution is -2.30. The first-order chi connectivity index (χ1) is 18.0. The summed E-state index contributed by atoms with van der Waals surface area (Å²) in [6.45, 7) is 3.04. The van der Waals surface area contributed by atoms with Gasteiger partial charge in [0, 0.05) is 10.9 Å². The van der Waals surface area contributed by atoms with Crippen molar-refractivity contribution in [3.05, 3.63) is 99.9 Å². The molecule has 0 saturated heterocycles. The number of carbonyl (C=O) groups excluding carboxylic acids is 3. The fraction of sp³-hybridized carbons (Fsp3) is 0.241. The monoisotopic (exact) mass is 521 g/mol. The second-order valence-electron chi connectivity index (χ2n) is 9.30. The maximum absolute atomic E-state index is 14.2. The van der Waals surface area contributed by atoms with Gasteiger partial charge in [0.2, 0.25) is 0 Å². The molecule has 1 aliphatic carbocycles. The standard InChI is InChI=1S/C29H26F3N3O3/c1-16-19(13-18-7-5-9-20(14-18)17(2)36)8-6-11-23(29(30,31)32)26(16)35-28(38)22-15-25(27(33)37)34-24-12-4-3-10-21(22)24/h3-5,7,9-12,14-15,19H,6,8,13H2,1-2H3,(H2,33,37)(H,35,38)/t19-/m0/s1. The maximum atomic E-state index is 14.2. The first kappa shape index (κ1) is 26.8. The molecule has 9 heteroatoms. The van der Waals surface area contributed by atoms with E-state index in [1.165, 1.54) is 13.0 Å². The molecule has 0 bridgehead atoms. The Morgan fingerprint density at radius 1 is 1.08 bits per heavy atom. The number of nitrogens with two attached hydrogens (primary N) is 1. The van der Waals surface area contributed by atoms with Gasteiger partial charge in [-0.15, -0.1) is 0 Å². The average molecular weight is 522 g/mol. The molecule has 3 aromatic rings. The van der Waals surface area contributed by atoms with E-state index in [2.05, 4.69) is 10.3 Å². The molecule has 38 heavy (non-hydrogen) atoms. The number of hydrogen-bond donors (Lipinski definition) is 2. The summed E-state index contributed by atoms with van der Waals surface area (Å²) >= 11 is 0. The topological polar surface area (TPSA) is 102 Å². The van der Waals surface area contributed by atoms with Gasteiger partial charge in [-0.2, -0.15) is 13.2 Å². The summed E-state index contributed by atoms with van der Waals surface area (Å²) in [4.78, 5) is 41.2. The Morgan fingerprint density at radius 3 is 2.50 bits per heavy atom. The van der Waals surface area contributed by atoms with Crippen molar-refractivity contribution in [1.29, 1.82) is 0 Å². The number of para-hydroxylation sites is 1. The molecule has 1 atom stereocenters. The highest BCUT2D eigenvalue weighted by Gasteiger charge is 2.39. The molecule has 4 rings (SSSR count). The molecular weight excluding hydrogens is 495 g/mol. The highest BCUT2D eigenvalue weighted by atomic mass is 19.4. The van der Waals surface area contributed by atoms with Crippen molar-refractivity contribution >= 4 is 28.5 Å². The largest absolute Gasteiger partial charge is 0.418 e. The van der Waals surface area contributed by atoms with Crippen LogP contribution >= 0.6 is 0 Å². The third kappa shape index (κ3) is 5.66. The zero-order chi connectivity index (χ0) is 27.6. The molecule has 0 fully saturated rings. The van der Waals surface area contributed by atoms with Crippen molar-refractivity contribution in [3.63, 3.8) is 0 Å². The number of carbonyl (C=O) groups is 3. The Labute approximate surface area is 217 Å². The van der Waals surface area contributed by atoms with E-state index in [-0.39, 0.29) is 35.1 Å². The van der Waals surface area contributed by atoms with Crippen molar-refractivity contribution < 1.29 is 27.6 Å². The smallest absolute Gasteiger partial charge is 0.364 e. The van der Waals surface area contributed by atoms with Gasteiger partial charge in [0.15, 0.2) is 5.78 Å². The number of alkyl halides is 3. The fourth-order valence-corrected chi connectivity index (χ4v) is 4.71. The molecule has 0 radical (unpaired) electrons. The lowest BCUT2D eigenvalue weighted by molar-refractivity contribution is -0.0900. The molecule has 0 saturated carbocycles. The molecule has 0 aliphatic heterocycles. The summed E-state index contributed by atoms with van der Waals surface area (Å²) in [5, 5.41) is 2.88. The summed E-state index contributed by atoms with van der Waals surface area (Å²) in [6.07, 6.45) is -2.61. The van der Waals surface area contributed by atoms with Crippen LogP contribution in [-0.2, 0) is 6.42 Å². The minimum absolute atomic E-state index is 0.0128. The van der Waals surface area contributed by atoms with Crippen LogP contribution in [0.4, 0.5) is 13.2 Å². The highest BCUT2D eigenvalue weighted by Crippen LogP contribution is 2.38. The number of nitrogens with one attached hydrogen (secondary N) is 1. The van der Waals surface area contributed by atoms with E-state index in [1.54, 1.807) is 49.4 Å². The summed E-state index contributed by atoms with van der Waals surface area (Å²) in [7, 11) is 0. The van der Waals surface area contributed by atoms with Gasteiger partial charge in [-0.05, 0) is 68.4 Å². The minimum atomic E-state index is -4.70. The van der Waals surface area contributed by atoms with Crippen LogP contribution < -0.4 is 11.1 Å². The van der Waals surface area contributed by atoms with Crippen LogP contribution in [0.15, 0.2) is 77.5 Å². The van der Waals surface area contributed by atoms with Gasteiger partial charge in [-0.1, -0.05) is 42.5 Å². The molecule has 2 amide bonds. The van der Waals surface area contributed by atoms with Crippen LogP contribution in [0.2, 0.25) is 0 Å². The van der Waals surface area contributed by atoms with E-state index < -0.39 is 23.6 Å². The number of hydrogen-bond acceptors (Lipinski definition) is 4. The molecule has 0 spiro atoms. The lowest BCUT2D eigenvalue weighted by atomic mass is 9.87. The Kier molecular flexibility index (Phi) is 7.48. The van der Waals surface area contributed by atoms with Crippen molar-refractivity contribution in [2.75, 3.05) is 0 Å². The van der Waals surface area contributed by atoms with Crippen LogP contribution in [0.5, 0.6) is 0 Å². The average Bonchev–Trinajstić information content (AvgIpc) is 3.02. The Morgan fingerprint density at radius 2 is 1.82 bits per heavy atom. The second kappa shape index (κ2) is 10.6. The number of benzene rings is 2. The van der Waals surface area contributed by atoms with Crippen LogP contribution in [0.1, 0.15) is 63.5 Å². The van der Waals surface area contributed by atoms with Gasteiger partial charge >= 0.3 is 6.18 Å². The molecule has 2 aromatic carbocycles. The summed E-state index contributed by atoms with van der Waals surface area (Å²) in [5.74, 6) is -2.10. The normalized spacial score (nSPS) is 16.1. The van der Waals surface area contributed by atoms with E-state index in [0.29, 0.717) is 34.9 Å². The van der Waals surface area contributed by atoms with E-state index in [9.17, 15) is 27.6 Å². The van der Waals surface area contributed by atoms with Crippen LogP contribution in [0.3, 0.4) is 0 Å². The zero-order valence-corrected chi connectivity index (χ0v) is 20.9. The van der Waals surface area contributed by atoms with Gasteiger partial charge in [-0.3, -0.25) is 14.4 Å². The summed E-state index contributed by atoms with van der Waals surface area (Å²) in [6, 6.07) is 14.7. The number of nitrogens with zero attached hydrogens (tertiary/aromatic N) is 1. The second-order valence-corrected chi connectivity index (χ2v) is 9.30. The molecule has 1 aromatic heterocycles. The van der Waals surface area contributed by atoms with Crippen molar-refractivity contribution in [2.24, 2.45) is 11.7 Å². The predicted octanol–water partition coefficient (Wildman–Crippen LogP) is 5.68. The van der Waals surface area contributed by atoms with Crippen LogP contribution in [0.25, 0.3) is 10.9 Å². The number of fused-ring (bicyclic) bond motifs is 1. The number of pyridine rings is 1. The third-order valence-corrected chi connectivity index (χ3v) is 6.71. The van der Waals surface area contributed by atoms with E-state index in [1.807, 2.05) is 6.07 Å². The molecule has 1 aliphatic rings. The quantitative estimate of drug-likeness (QED) is 0.408. The highest BCUT2D eigenvalue weighted by molar-refractivity contribution is 6.09. The van der Waals surface area contributed by atoms with Gasteiger partial charge in [0.05, 0.1) is 22.4 Å². The number of allylic oxidation sites excluding steroid dienone is 3. The number of primary amides is 1. The Balaban J connectivity index is 1.77. The van der Waals surface area contributed by atoms with E-state index in [4.69, 9.17) is 5.73 Å². The minimum Gasteiger partial charge on any atom is -0.364 e. The van der Waals surface area contributed by atoms with Gasteiger partial charge in [-0.25, -0.2) is 4.98 Å². The fourth-order valence-electron chi connectivity index (χ4n) is 4.71. The molecule has 1 heterocycles. The lowest BCUT2D eigenvalue weighted by Gasteiger charge is -2.22. The van der Waals surface area contributed by atoms with Gasteiger partial charge in [0.1, 0.15) is 5.69 Å². The summed E-state index contributed by atoms with van der Waals surface area (Å²) < 4.78 is 42.5. The number of Topliss-reactive ketones (excluding diaryl/α,β-unsaturated/α-hetero) is 1. The van der Waals surface area contributed by atoms with E-state index in [0.717, 1.165) is 11.6 Å². The molecular formula is C29H26F3N3O3. The molecule has 3 N–H and O–H groups in total. The molecule has 0 unspecified atom stereocenters. The van der Waals surface area contributed by atoms with Crippen LogP contribution in [-0.4, -0.2) is 28.8 Å². The summed E-state index contributed by atoms with van der Waals surface area (Å²) in [5.41, 5.74) is 5.99. The molecule has 6 nitrogen and oxygen atoms in total. The number of amides is 2. The first-order valence-electron chi connectivity index (χ1n) is 12.0. The number of aromatic nitrogens is 1. The zero-order valence-electron chi connectivity index (χ0n) is 20.9. The van der Waals surface area contributed by atoms with Gasteiger partial charge < -0.3 is 11.1 Å². The van der Waals surface area contributed by atoms with Crippen molar-refractivity contribution in [2.45, 2.75) is 39.3 Å². The SMILES string of the molecule is CC(=O)c1cccc(C[C@@H]2CCC=C(C(F)(F)F)C(NC(=O)c3cc(C(N)=O)nc4ccccc34)=C2C)c1. The van der Waals surface area contributed by atoms with Gasteiger partial charge in [0.25, 0.3) is 11.8 Å². The number of rotatable bonds is 6. The number of halogens is 3. The van der Waals surface area contributed by atoms with Crippen LogP contribution in [0, 0.1) is 5.92 Å². The Hall–Kier alpha value is -4.27. The third-order valence-electron chi connectivity index (χ3n) is 6.71. The number of ketones is 1. The van der Waals surface area contributed by atoms with Crippen molar-refractivity contribution in [3.8, 4) is 0 Å². The first-order valence-corrected chi connectivity index (χ1v) is 12.0. The van der Waals surface area contributed by atoms with Crippen molar-refractivity contribution in [1.82, 2.24) is 10.3 Å². The van der Waals surface area contributed by atoms with E-state index >= 15 is 0 Å².